The lowest BCUT2D eigenvalue weighted by molar-refractivity contribution is -0.0933. The second-order valence-corrected chi connectivity index (χ2v) is 18.6. The molecule has 8 bridgehead atoms. The molecule has 0 saturated carbocycles. The first-order valence-electron chi connectivity index (χ1n) is 17.3. The van der Waals surface area contributed by atoms with Gasteiger partial charge in [0.25, 0.3) is 11.5 Å². The van der Waals surface area contributed by atoms with Crippen molar-refractivity contribution in [1.82, 2.24) is 19.4 Å². The van der Waals surface area contributed by atoms with E-state index in [0.29, 0.717) is 67.7 Å². The number of hydrogen-bond acceptors (Lipinski definition) is 7. The summed E-state index contributed by atoms with van der Waals surface area (Å²) in [6, 6.07) is 5.40. The van der Waals surface area contributed by atoms with Gasteiger partial charge in [-0.15, -0.1) is 0 Å². The third kappa shape index (κ3) is 7.51. The predicted molar refractivity (Wildman–Crippen MR) is 191 cm³/mol. The van der Waals surface area contributed by atoms with Crippen LogP contribution in [-0.2, 0) is 25.9 Å². The quantitative estimate of drug-likeness (QED) is 0.124. The molecule has 0 spiro atoms. The highest BCUT2D eigenvalue weighted by atomic mass is 127. The van der Waals surface area contributed by atoms with Gasteiger partial charge in [-0.1, -0.05) is 37.5 Å². The van der Waals surface area contributed by atoms with E-state index in [-0.39, 0.29) is 47.4 Å². The van der Waals surface area contributed by atoms with Crippen molar-refractivity contribution >= 4 is 49.3 Å². The maximum Gasteiger partial charge on any atom is 0.278 e. The number of nitrogens with zero attached hydrogens (tertiary/aromatic N) is 4. The molecule has 0 aliphatic carbocycles. The summed E-state index contributed by atoms with van der Waals surface area (Å²) in [6.45, 7) is 4.21. The van der Waals surface area contributed by atoms with Crippen molar-refractivity contribution in [3.8, 4) is 0 Å². The normalized spacial score (nSPS) is 28.8. The number of fused-ring (bicyclic) bond motifs is 9. The lowest BCUT2D eigenvalue weighted by atomic mass is 9.84. The molecule has 14 heteroatoms. The topological polar surface area (TPSA) is 97.2 Å². The second kappa shape index (κ2) is 14.4. The number of rotatable bonds is 2. The number of pyridine rings is 1. The largest absolute Gasteiger partial charge is 0.351 e. The molecule has 2 saturated heterocycles. The van der Waals surface area contributed by atoms with Crippen LogP contribution in [0.5, 0.6) is 0 Å². The van der Waals surface area contributed by atoms with Gasteiger partial charge in [-0.05, 0) is 100 Å². The molecule has 2 unspecified atom stereocenters. The van der Waals surface area contributed by atoms with E-state index in [9.17, 15) is 17.6 Å². The van der Waals surface area contributed by atoms with Crippen LogP contribution in [0.25, 0.3) is 11.0 Å². The fourth-order valence-electron chi connectivity index (χ4n) is 7.94. The third-order valence-corrected chi connectivity index (χ3v) is 13.4. The zero-order chi connectivity index (χ0) is 35.1. The number of aromatic nitrogens is 3. The Hall–Kier alpha value is -2.33. The van der Waals surface area contributed by atoms with Gasteiger partial charge in [-0.3, -0.25) is 14.3 Å². The number of benzene rings is 1. The molecule has 1 aromatic carbocycles. The smallest absolute Gasteiger partial charge is 0.278 e. The Morgan fingerprint density at radius 1 is 0.980 bits per heavy atom. The van der Waals surface area contributed by atoms with Gasteiger partial charge in [0.1, 0.15) is 43.2 Å². The van der Waals surface area contributed by atoms with Crippen LogP contribution in [0, 0.1) is 11.7 Å². The number of hydrogen-bond donors (Lipinski definition) is 1. The van der Waals surface area contributed by atoms with Crippen LogP contribution in [0.1, 0.15) is 94.2 Å². The van der Waals surface area contributed by atoms with Crippen molar-refractivity contribution in [2.75, 3.05) is 29.9 Å². The summed E-state index contributed by atoms with van der Waals surface area (Å²) in [5.41, 5.74) is -0.00817. The molecule has 3 atom stereocenters. The number of piperidine rings is 1. The van der Waals surface area contributed by atoms with E-state index < -0.39 is 42.8 Å². The monoisotopic (exact) mass is 817 g/mol. The van der Waals surface area contributed by atoms with Crippen LogP contribution in [-0.4, -0.2) is 64.7 Å². The van der Waals surface area contributed by atoms with E-state index in [1.165, 1.54) is 25.4 Å². The molecule has 2 fully saturated rings. The summed E-state index contributed by atoms with van der Waals surface area (Å²) in [6.07, 6.45) is 4.73. The molecule has 8 nitrogen and oxygen atoms in total. The Morgan fingerprint density at radius 2 is 1.65 bits per heavy atom. The van der Waals surface area contributed by atoms with Crippen molar-refractivity contribution in [3.63, 3.8) is 0 Å². The van der Waals surface area contributed by atoms with Crippen LogP contribution >= 0.6 is 22.6 Å². The summed E-state index contributed by atoms with van der Waals surface area (Å²) in [7, 11) is -3.17. The maximum absolute atomic E-state index is 16.3. The average molecular weight is 818 g/mol. The van der Waals surface area contributed by atoms with Gasteiger partial charge < -0.3 is 5.32 Å². The van der Waals surface area contributed by atoms with Crippen molar-refractivity contribution in [2.45, 2.75) is 106 Å². The molecular weight excluding hydrogens is 773 g/mol. The van der Waals surface area contributed by atoms with Crippen LogP contribution in [0.3, 0.4) is 0 Å². The average Bonchev–Trinajstić information content (AvgIpc) is 3.04. The number of sulfone groups is 1. The molecule has 0 amide bonds. The van der Waals surface area contributed by atoms with Gasteiger partial charge in [-0.25, -0.2) is 35.9 Å². The van der Waals surface area contributed by atoms with E-state index >= 15 is 13.2 Å². The molecule has 49 heavy (non-hydrogen) atoms. The van der Waals surface area contributed by atoms with Crippen molar-refractivity contribution in [3.05, 3.63) is 63.5 Å². The fraction of sp³-hybridized carbons (Fsp3) is 0.629. The summed E-state index contributed by atoms with van der Waals surface area (Å²) in [4.78, 5) is 25.0. The van der Waals surface area contributed by atoms with Crippen LogP contribution < -0.4 is 10.9 Å². The van der Waals surface area contributed by atoms with Gasteiger partial charge in [0, 0.05) is 29.6 Å². The fourth-order valence-corrected chi connectivity index (χ4v) is 10.1. The minimum atomic E-state index is -3.44. The molecule has 268 valence electrons. The molecular formula is C35H44F4IN5O3S. The Kier molecular flexibility index (Phi) is 10.7. The summed E-state index contributed by atoms with van der Waals surface area (Å²) in [5, 5.41) is 3.78. The number of anilines is 1. The first-order chi connectivity index (χ1) is 23.2. The Morgan fingerprint density at radius 3 is 2.35 bits per heavy atom. The lowest BCUT2D eigenvalue weighted by Crippen LogP contribution is -2.47. The number of alkyl halides is 4. The van der Waals surface area contributed by atoms with Gasteiger partial charge in [0.15, 0.2) is 0 Å². The van der Waals surface area contributed by atoms with Crippen LogP contribution in [0.2, 0.25) is 0 Å². The lowest BCUT2D eigenvalue weighted by Gasteiger charge is -2.40. The van der Waals surface area contributed by atoms with E-state index in [1.807, 2.05) is 27.5 Å². The van der Waals surface area contributed by atoms with E-state index in [4.69, 9.17) is 0 Å². The minimum Gasteiger partial charge on any atom is -0.351 e. The van der Waals surface area contributed by atoms with Gasteiger partial charge in [-0.2, -0.15) is 0 Å². The SMILES string of the molecule is CC(F)C1CCCCCCn2c(=O)c(C3CCS(=O)(=O)CC3)cc3c(ncnc32)N[C@](C)(I)c2cccc(c2F)C(F)(F)C2CCN1CC2. The highest BCUT2D eigenvalue weighted by Crippen LogP contribution is 2.46. The maximum atomic E-state index is 16.3. The summed E-state index contributed by atoms with van der Waals surface area (Å²) < 4.78 is 88.3. The van der Waals surface area contributed by atoms with Gasteiger partial charge in [0.05, 0.1) is 22.5 Å². The Bertz CT molecular complexity index is 1830. The molecule has 7 rings (SSSR count). The zero-order valence-corrected chi connectivity index (χ0v) is 30.9. The van der Waals surface area contributed by atoms with Gasteiger partial charge in [0.2, 0.25) is 0 Å². The summed E-state index contributed by atoms with van der Waals surface area (Å²) in [5.74, 6) is -5.50. The highest BCUT2D eigenvalue weighted by molar-refractivity contribution is 14.1. The van der Waals surface area contributed by atoms with Crippen molar-refractivity contribution < 1.29 is 26.0 Å². The first kappa shape index (κ1) is 36.5. The predicted octanol–water partition coefficient (Wildman–Crippen LogP) is 7.44. The molecule has 2 aromatic heterocycles. The molecule has 0 radical (unpaired) electrons. The molecule has 4 aliphatic rings. The zero-order valence-electron chi connectivity index (χ0n) is 27.9. The van der Waals surface area contributed by atoms with Crippen molar-refractivity contribution in [2.24, 2.45) is 5.92 Å². The third-order valence-electron chi connectivity index (χ3n) is 10.8. The molecule has 3 aromatic rings. The highest BCUT2D eigenvalue weighted by Gasteiger charge is 2.46. The van der Waals surface area contributed by atoms with Crippen molar-refractivity contribution in [1.29, 1.82) is 0 Å². The standard InChI is InChI=1S/C35H44F4IN5O3S/c1-22(36)29-10-5-3-4-6-15-45-32-26(20-25(33(45)46)23-13-18-49(47,48)19-14-23)31(41-21-42-32)43-34(2,40)27-8-7-9-28(30(27)37)35(38,39)24-11-16-44(29)17-12-24/h7-9,20-24,29H,3-6,10-19H2,1-2H3,(H,41,42,43)/t22?,29?,34-/m0/s1. The molecule has 4 aliphatic heterocycles. The second-order valence-electron chi connectivity index (χ2n) is 14.1. The number of halogens is 5. The Balaban J connectivity index is 1.44. The molecule has 1 N–H and O–H groups in total. The van der Waals surface area contributed by atoms with E-state index in [0.717, 1.165) is 25.3 Å². The van der Waals surface area contributed by atoms with E-state index in [2.05, 4.69) is 15.3 Å². The Labute approximate surface area is 298 Å². The number of nitrogens with one attached hydrogen (secondary N) is 1. The first-order valence-corrected chi connectivity index (χ1v) is 20.2. The van der Waals surface area contributed by atoms with Crippen LogP contribution in [0.15, 0.2) is 35.4 Å². The minimum absolute atomic E-state index is 0.00557. The molecule has 6 heterocycles. The summed E-state index contributed by atoms with van der Waals surface area (Å²) >= 11 is 1.99. The number of aryl methyl sites for hydroxylation is 1. The van der Waals surface area contributed by atoms with Crippen LogP contribution in [0.4, 0.5) is 23.4 Å². The van der Waals surface area contributed by atoms with Gasteiger partial charge >= 0.3 is 0 Å². The van der Waals surface area contributed by atoms with E-state index in [1.54, 1.807) is 17.6 Å².